The van der Waals surface area contributed by atoms with E-state index in [2.05, 4.69) is 22.2 Å². The van der Waals surface area contributed by atoms with Crippen molar-refractivity contribution in [2.24, 2.45) is 0 Å². The van der Waals surface area contributed by atoms with E-state index in [-0.39, 0.29) is 11.4 Å². The van der Waals surface area contributed by atoms with E-state index in [1.54, 1.807) is 42.5 Å². The Morgan fingerprint density at radius 1 is 1.09 bits per heavy atom. The molecule has 2 rings (SSSR count). The van der Waals surface area contributed by atoms with Gasteiger partial charge in [-0.1, -0.05) is 30.3 Å². The molecule has 0 unspecified atom stereocenters. The number of carbonyl (C=O) groups excluding carboxylic acids is 1. The molecule has 0 radical (unpaired) electrons. The Kier molecular flexibility index (Phi) is 5.54. The third kappa shape index (κ3) is 4.69. The topological polar surface area (TPSA) is 50.4 Å². The number of benzene rings is 2. The first-order valence-electron chi connectivity index (χ1n) is 6.52. The van der Waals surface area contributed by atoms with Crippen molar-refractivity contribution in [3.63, 3.8) is 0 Å². The van der Waals surface area contributed by atoms with Crippen molar-refractivity contribution in [3.05, 3.63) is 71.3 Å². The maximum atomic E-state index is 12.4. The van der Waals surface area contributed by atoms with Gasteiger partial charge in [0.1, 0.15) is 5.75 Å². The molecule has 0 saturated heterocycles. The summed E-state index contributed by atoms with van der Waals surface area (Å²) >= 11 is 5.75. The Hall–Kier alpha value is -2.60. The van der Waals surface area contributed by atoms with E-state index in [0.717, 1.165) is 0 Å². The number of hydrogen-bond acceptors (Lipinski definition) is 3. The van der Waals surface area contributed by atoms with Gasteiger partial charge in [-0.3, -0.25) is 15.6 Å². The van der Waals surface area contributed by atoms with Crippen LogP contribution in [0.3, 0.4) is 0 Å². The number of ether oxygens (including phenoxy) is 1. The molecular formula is C16H13ClF2N2O2. The van der Waals surface area contributed by atoms with Crippen LogP contribution in [-0.4, -0.2) is 12.5 Å². The monoisotopic (exact) mass is 338 g/mol. The number of halogens is 3. The van der Waals surface area contributed by atoms with Crippen LogP contribution in [0.2, 0.25) is 5.02 Å². The minimum absolute atomic E-state index is 0.0410. The van der Waals surface area contributed by atoms with Crippen molar-refractivity contribution in [3.8, 4) is 5.75 Å². The van der Waals surface area contributed by atoms with Crippen LogP contribution < -0.4 is 15.6 Å². The van der Waals surface area contributed by atoms with E-state index >= 15 is 0 Å². The van der Waals surface area contributed by atoms with Crippen molar-refractivity contribution in [2.75, 3.05) is 0 Å². The molecule has 2 aromatic carbocycles. The van der Waals surface area contributed by atoms with E-state index in [9.17, 15) is 13.6 Å². The molecule has 0 aromatic heterocycles. The smallest absolute Gasteiger partial charge is 0.387 e. The second-order valence-corrected chi connectivity index (χ2v) is 4.88. The molecule has 0 atom stereocenters. The molecule has 1 amide bonds. The molecule has 120 valence electrons. The molecule has 0 aliphatic heterocycles. The second-order valence-electron chi connectivity index (χ2n) is 4.44. The third-order valence-electron chi connectivity index (χ3n) is 2.86. The lowest BCUT2D eigenvalue weighted by atomic mass is 10.1. The lowest BCUT2D eigenvalue weighted by Gasteiger charge is -2.15. The number of amides is 1. The molecule has 0 aliphatic rings. The van der Waals surface area contributed by atoms with Crippen molar-refractivity contribution >= 4 is 23.2 Å². The standard InChI is InChI=1S/C16H13ClF2N2O2/c1-10(13-4-2-3-5-14(13)23-16(18)19)20-21-15(22)11-6-8-12(17)9-7-11/h2-9,16,20H,1H2,(H,21,22). The summed E-state index contributed by atoms with van der Waals surface area (Å²) in [5, 5.41) is 0.511. The summed E-state index contributed by atoms with van der Waals surface area (Å²) in [6.07, 6.45) is 0. The van der Waals surface area contributed by atoms with Gasteiger partial charge in [0.2, 0.25) is 0 Å². The fourth-order valence-corrected chi connectivity index (χ4v) is 1.91. The zero-order valence-corrected chi connectivity index (χ0v) is 12.6. The summed E-state index contributed by atoms with van der Waals surface area (Å²) in [5.41, 5.74) is 5.90. The van der Waals surface area contributed by atoms with E-state index in [4.69, 9.17) is 11.6 Å². The van der Waals surface area contributed by atoms with E-state index in [0.29, 0.717) is 16.1 Å². The number of alkyl halides is 2. The first-order chi connectivity index (χ1) is 11.0. The summed E-state index contributed by atoms with van der Waals surface area (Å²) in [6, 6.07) is 12.4. The van der Waals surface area contributed by atoms with Gasteiger partial charge in [-0.15, -0.1) is 0 Å². The maximum absolute atomic E-state index is 12.4. The zero-order chi connectivity index (χ0) is 16.8. The molecule has 2 N–H and O–H groups in total. The number of nitrogens with one attached hydrogen (secondary N) is 2. The SMILES string of the molecule is C=C(NNC(=O)c1ccc(Cl)cc1)c1ccccc1OC(F)F. The highest BCUT2D eigenvalue weighted by Crippen LogP contribution is 2.24. The van der Waals surface area contributed by atoms with Crippen molar-refractivity contribution in [1.82, 2.24) is 10.9 Å². The molecule has 0 bridgehead atoms. The van der Waals surface area contributed by atoms with Gasteiger partial charge >= 0.3 is 6.61 Å². The van der Waals surface area contributed by atoms with Crippen molar-refractivity contribution in [2.45, 2.75) is 6.61 Å². The molecule has 0 spiro atoms. The van der Waals surface area contributed by atoms with Crippen molar-refractivity contribution in [1.29, 1.82) is 0 Å². The maximum Gasteiger partial charge on any atom is 0.387 e. The fraction of sp³-hybridized carbons (Fsp3) is 0.0625. The van der Waals surface area contributed by atoms with Gasteiger partial charge in [0.05, 0.1) is 5.70 Å². The van der Waals surface area contributed by atoms with Gasteiger partial charge < -0.3 is 4.74 Å². The first kappa shape index (κ1) is 16.8. The van der Waals surface area contributed by atoms with Gasteiger partial charge in [0, 0.05) is 16.1 Å². The molecule has 7 heteroatoms. The van der Waals surface area contributed by atoms with Crippen molar-refractivity contribution < 1.29 is 18.3 Å². The number of hydrazine groups is 1. The fourth-order valence-electron chi connectivity index (χ4n) is 1.79. The van der Waals surface area contributed by atoms with Crippen LogP contribution in [-0.2, 0) is 0 Å². The van der Waals surface area contributed by atoms with Crippen LogP contribution in [0.15, 0.2) is 55.1 Å². The highest BCUT2D eigenvalue weighted by Gasteiger charge is 2.12. The number of para-hydroxylation sites is 1. The Balaban J connectivity index is 2.02. The molecule has 0 heterocycles. The molecule has 0 fully saturated rings. The minimum atomic E-state index is -2.95. The summed E-state index contributed by atoms with van der Waals surface area (Å²) in [5.74, 6) is -0.462. The van der Waals surface area contributed by atoms with E-state index in [1.807, 2.05) is 0 Å². The van der Waals surface area contributed by atoms with Gasteiger partial charge in [-0.25, -0.2) is 0 Å². The average Bonchev–Trinajstić information content (AvgIpc) is 2.53. The highest BCUT2D eigenvalue weighted by molar-refractivity contribution is 6.30. The predicted octanol–water partition coefficient (Wildman–Crippen LogP) is 3.85. The second kappa shape index (κ2) is 7.60. The van der Waals surface area contributed by atoms with Crippen LogP contribution in [0.25, 0.3) is 5.70 Å². The van der Waals surface area contributed by atoms with Gasteiger partial charge in [0.25, 0.3) is 5.91 Å². The number of hydrogen-bond donors (Lipinski definition) is 2. The number of rotatable bonds is 6. The first-order valence-corrected chi connectivity index (χ1v) is 6.90. The predicted molar refractivity (Wildman–Crippen MR) is 84.2 cm³/mol. The van der Waals surface area contributed by atoms with Crippen LogP contribution in [0.4, 0.5) is 8.78 Å². The van der Waals surface area contributed by atoms with Crippen LogP contribution in [0.5, 0.6) is 5.75 Å². The largest absolute Gasteiger partial charge is 0.434 e. The normalized spacial score (nSPS) is 10.3. The summed E-state index contributed by atoms with van der Waals surface area (Å²) in [6.45, 7) is 0.749. The quantitative estimate of drug-likeness (QED) is 0.787. The number of carbonyl (C=O) groups is 1. The van der Waals surface area contributed by atoms with Crippen LogP contribution >= 0.6 is 11.6 Å². The summed E-state index contributed by atoms with van der Waals surface area (Å²) in [7, 11) is 0. The highest BCUT2D eigenvalue weighted by atomic mass is 35.5. The average molecular weight is 339 g/mol. The van der Waals surface area contributed by atoms with Gasteiger partial charge in [-0.05, 0) is 36.4 Å². The molecule has 4 nitrogen and oxygen atoms in total. The summed E-state index contributed by atoms with van der Waals surface area (Å²) < 4.78 is 29.2. The van der Waals surface area contributed by atoms with E-state index in [1.165, 1.54) is 6.07 Å². The Morgan fingerprint density at radius 2 is 1.74 bits per heavy atom. The lowest BCUT2D eigenvalue weighted by molar-refractivity contribution is -0.0500. The Labute approximate surface area is 136 Å². The van der Waals surface area contributed by atoms with Crippen LogP contribution in [0.1, 0.15) is 15.9 Å². The lowest BCUT2D eigenvalue weighted by Crippen LogP contribution is -2.35. The molecule has 0 saturated carbocycles. The van der Waals surface area contributed by atoms with Crippen LogP contribution in [0, 0.1) is 0 Å². The molecule has 2 aromatic rings. The zero-order valence-electron chi connectivity index (χ0n) is 11.9. The molecule has 23 heavy (non-hydrogen) atoms. The molecular weight excluding hydrogens is 326 g/mol. The molecule has 0 aliphatic carbocycles. The Bertz CT molecular complexity index is 705. The minimum Gasteiger partial charge on any atom is -0.434 e. The Morgan fingerprint density at radius 3 is 2.39 bits per heavy atom. The third-order valence-corrected chi connectivity index (χ3v) is 3.11. The van der Waals surface area contributed by atoms with E-state index < -0.39 is 12.5 Å². The van der Waals surface area contributed by atoms with Gasteiger partial charge in [0.15, 0.2) is 0 Å². The van der Waals surface area contributed by atoms with Gasteiger partial charge in [-0.2, -0.15) is 8.78 Å². The summed E-state index contributed by atoms with van der Waals surface area (Å²) in [4.78, 5) is 11.9.